The van der Waals surface area contributed by atoms with Crippen molar-refractivity contribution in [1.29, 1.82) is 0 Å². The quantitative estimate of drug-likeness (QED) is 0.537. The van der Waals surface area contributed by atoms with Crippen LogP contribution in [0.25, 0.3) is 0 Å². The minimum absolute atomic E-state index is 0.0417. The van der Waals surface area contributed by atoms with Gasteiger partial charge in [0.15, 0.2) is 0 Å². The van der Waals surface area contributed by atoms with Crippen LogP contribution in [0.4, 0.5) is 0 Å². The van der Waals surface area contributed by atoms with Crippen LogP contribution in [-0.2, 0) is 15.8 Å². The molecule has 1 saturated heterocycles. The lowest BCUT2D eigenvalue weighted by molar-refractivity contribution is -0.132. The van der Waals surface area contributed by atoms with Crippen LogP contribution >= 0.6 is 7.82 Å². The molecule has 1 heterocycles. The standard InChI is InChI=1S/C22H27N2O6P/c25-21(18-11-13-19(14-12-18)30-31(27,28)29)23-20-10-4-5-15-24(22(20)26)16-6-9-17-7-2-1-3-8-17/h1-3,7-8,11-14,20H,4-6,9-10,15-16H2,(H,23,25)(H2,27,28,29)/t20-/m0/s1. The second-order valence-corrected chi connectivity index (χ2v) is 8.71. The molecule has 31 heavy (non-hydrogen) atoms. The zero-order valence-corrected chi connectivity index (χ0v) is 18.0. The van der Waals surface area contributed by atoms with Gasteiger partial charge in [0.1, 0.15) is 11.8 Å². The summed E-state index contributed by atoms with van der Waals surface area (Å²) in [5.74, 6) is -0.521. The van der Waals surface area contributed by atoms with Crippen molar-refractivity contribution >= 4 is 19.6 Å². The van der Waals surface area contributed by atoms with E-state index >= 15 is 0 Å². The van der Waals surface area contributed by atoms with Gasteiger partial charge in [-0.15, -0.1) is 0 Å². The number of hydrogen-bond acceptors (Lipinski definition) is 4. The lowest BCUT2D eigenvalue weighted by atomic mass is 10.1. The predicted molar refractivity (Wildman–Crippen MR) is 116 cm³/mol. The van der Waals surface area contributed by atoms with E-state index in [2.05, 4.69) is 22.0 Å². The van der Waals surface area contributed by atoms with Crippen molar-refractivity contribution in [2.75, 3.05) is 13.1 Å². The molecule has 9 heteroatoms. The fourth-order valence-electron chi connectivity index (χ4n) is 3.63. The van der Waals surface area contributed by atoms with Gasteiger partial charge in [-0.2, -0.15) is 0 Å². The van der Waals surface area contributed by atoms with Crippen LogP contribution in [0.15, 0.2) is 54.6 Å². The maximum absolute atomic E-state index is 13.0. The van der Waals surface area contributed by atoms with E-state index in [-0.39, 0.29) is 17.2 Å². The van der Waals surface area contributed by atoms with E-state index < -0.39 is 19.8 Å². The molecule has 0 saturated carbocycles. The predicted octanol–water partition coefficient (Wildman–Crippen LogP) is 2.90. The average Bonchev–Trinajstić information content (AvgIpc) is 2.90. The fourth-order valence-corrected chi connectivity index (χ4v) is 4.02. The summed E-state index contributed by atoms with van der Waals surface area (Å²) in [7, 11) is -4.66. The SMILES string of the molecule is O=C(N[C@H]1CCCCN(CCCc2ccccc2)C1=O)c1ccc(OP(=O)(O)O)cc1. The Morgan fingerprint density at radius 2 is 1.81 bits per heavy atom. The van der Waals surface area contributed by atoms with Gasteiger partial charge in [0.05, 0.1) is 0 Å². The van der Waals surface area contributed by atoms with Crippen molar-refractivity contribution in [2.24, 2.45) is 0 Å². The molecule has 1 atom stereocenters. The van der Waals surface area contributed by atoms with Gasteiger partial charge in [0, 0.05) is 18.7 Å². The van der Waals surface area contributed by atoms with Crippen molar-refractivity contribution in [2.45, 2.75) is 38.1 Å². The zero-order valence-electron chi connectivity index (χ0n) is 17.1. The first-order valence-corrected chi connectivity index (χ1v) is 11.8. The molecule has 1 aliphatic heterocycles. The third-order valence-corrected chi connectivity index (χ3v) is 5.61. The Labute approximate surface area is 181 Å². The van der Waals surface area contributed by atoms with Crippen molar-refractivity contribution in [3.05, 3.63) is 65.7 Å². The summed E-state index contributed by atoms with van der Waals surface area (Å²) in [6.45, 7) is 1.34. The molecule has 0 radical (unpaired) electrons. The van der Waals surface area contributed by atoms with E-state index in [4.69, 9.17) is 9.79 Å². The highest BCUT2D eigenvalue weighted by molar-refractivity contribution is 7.46. The molecule has 0 unspecified atom stereocenters. The van der Waals surface area contributed by atoms with E-state index in [1.54, 1.807) is 0 Å². The molecule has 0 aromatic heterocycles. The number of phosphoric ester groups is 1. The van der Waals surface area contributed by atoms with E-state index in [0.29, 0.717) is 19.5 Å². The zero-order chi connectivity index (χ0) is 22.3. The summed E-state index contributed by atoms with van der Waals surface area (Å²) in [6.07, 6.45) is 4.08. The fraction of sp³-hybridized carbons (Fsp3) is 0.364. The molecule has 3 rings (SSSR count). The van der Waals surface area contributed by atoms with E-state index in [1.807, 2.05) is 23.1 Å². The number of carbonyl (C=O) groups is 2. The molecule has 3 N–H and O–H groups in total. The van der Waals surface area contributed by atoms with Crippen LogP contribution in [0.1, 0.15) is 41.6 Å². The molecule has 2 aromatic rings. The number of aryl methyl sites for hydroxylation is 1. The molecule has 0 aliphatic carbocycles. The third-order valence-electron chi connectivity index (χ3n) is 5.16. The van der Waals surface area contributed by atoms with Gasteiger partial charge in [-0.1, -0.05) is 30.3 Å². The molecule has 1 aliphatic rings. The number of nitrogens with zero attached hydrogens (tertiary/aromatic N) is 1. The van der Waals surface area contributed by atoms with Crippen molar-refractivity contribution in [3.63, 3.8) is 0 Å². The highest BCUT2D eigenvalue weighted by Crippen LogP contribution is 2.37. The Kier molecular flexibility index (Phi) is 7.85. The second-order valence-electron chi connectivity index (χ2n) is 7.54. The third kappa shape index (κ3) is 7.21. The molecule has 166 valence electrons. The van der Waals surface area contributed by atoms with E-state index in [0.717, 1.165) is 25.7 Å². The van der Waals surface area contributed by atoms with Crippen LogP contribution in [0.3, 0.4) is 0 Å². The first-order chi connectivity index (χ1) is 14.8. The molecule has 2 aromatic carbocycles. The molecule has 1 fully saturated rings. The summed E-state index contributed by atoms with van der Waals surface area (Å²) >= 11 is 0. The van der Waals surface area contributed by atoms with E-state index in [9.17, 15) is 14.2 Å². The highest BCUT2D eigenvalue weighted by atomic mass is 31.2. The van der Waals surface area contributed by atoms with Crippen molar-refractivity contribution < 1.29 is 28.5 Å². The monoisotopic (exact) mass is 446 g/mol. The van der Waals surface area contributed by atoms with Gasteiger partial charge in [-0.05, 0) is 61.9 Å². The van der Waals surface area contributed by atoms with Crippen LogP contribution in [-0.4, -0.2) is 45.6 Å². The van der Waals surface area contributed by atoms with E-state index in [1.165, 1.54) is 29.8 Å². The van der Waals surface area contributed by atoms with Gasteiger partial charge in [0.2, 0.25) is 5.91 Å². The lowest BCUT2D eigenvalue weighted by Crippen LogP contribution is -2.47. The summed E-state index contributed by atoms with van der Waals surface area (Å²) < 4.78 is 15.4. The summed E-state index contributed by atoms with van der Waals surface area (Å²) in [6, 6.07) is 15.0. The first kappa shape index (κ1) is 23.0. The number of nitrogens with one attached hydrogen (secondary N) is 1. The van der Waals surface area contributed by atoms with Gasteiger partial charge in [0.25, 0.3) is 5.91 Å². The normalized spacial score (nSPS) is 17.2. The number of carbonyl (C=O) groups excluding carboxylic acids is 2. The summed E-state index contributed by atoms with van der Waals surface area (Å²) in [4.78, 5) is 45.1. The van der Waals surface area contributed by atoms with Crippen LogP contribution in [0.2, 0.25) is 0 Å². The first-order valence-electron chi connectivity index (χ1n) is 10.3. The molecular formula is C22H27N2O6P. The maximum atomic E-state index is 13.0. The average molecular weight is 446 g/mol. The van der Waals surface area contributed by atoms with Crippen molar-refractivity contribution in [3.8, 4) is 5.75 Å². The molecule has 2 amide bonds. The Hall–Kier alpha value is -2.67. The molecule has 8 nitrogen and oxygen atoms in total. The topological polar surface area (TPSA) is 116 Å². The number of amides is 2. The largest absolute Gasteiger partial charge is 0.524 e. The minimum Gasteiger partial charge on any atom is -0.404 e. The van der Waals surface area contributed by atoms with Crippen LogP contribution in [0, 0.1) is 0 Å². The highest BCUT2D eigenvalue weighted by Gasteiger charge is 2.28. The Morgan fingerprint density at radius 1 is 1.10 bits per heavy atom. The second kappa shape index (κ2) is 10.6. The van der Waals surface area contributed by atoms with Crippen LogP contribution < -0.4 is 9.84 Å². The molecule has 0 spiro atoms. The minimum atomic E-state index is -4.66. The van der Waals surface area contributed by atoms with Crippen LogP contribution in [0.5, 0.6) is 5.75 Å². The molecular weight excluding hydrogens is 419 g/mol. The van der Waals surface area contributed by atoms with Gasteiger partial charge >= 0.3 is 7.82 Å². The Morgan fingerprint density at radius 3 is 2.48 bits per heavy atom. The summed E-state index contributed by atoms with van der Waals surface area (Å²) in [5, 5.41) is 2.81. The van der Waals surface area contributed by atoms with Gasteiger partial charge in [-0.3, -0.25) is 19.4 Å². The number of hydrogen-bond donors (Lipinski definition) is 3. The Bertz CT molecular complexity index is 929. The molecule has 0 bridgehead atoms. The number of likely N-dealkylation sites (tertiary alicyclic amines) is 1. The maximum Gasteiger partial charge on any atom is 0.524 e. The van der Waals surface area contributed by atoms with Gasteiger partial charge in [-0.25, -0.2) is 4.57 Å². The number of phosphoric acid groups is 1. The van der Waals surface area contributed by atoms with Crippen molar-refractivity contribution in [1.82, 2.24) is 10.2 Å². The van der Waals surface area contributed by atoms with Gasteiger partial charge < -0.3 is 14.7 Å². The smallest absolute Gasteiger partial charge is 0.404 e. The number of rotatable bonds is 8. The Balaban J connectivity index is 1.56. The lowest BCUT2D eigenvalue weighted by Gasteiger charge is -2.25. The summed E-state index contributed by atoms with van der Waals surface area (Å²) in [5.41, 5.74) is 1.52. The number of benzene rings is 2.